The number of anilines is 2. The third-order valence-corrected chi connectivity index (χ3v) is 5.15. The van der Waals surface area contributed by atoms with Gasteiger partial charge in [-0.25, -0.2) is 27.6 Å². The van der Waals surface area contributed by atoms with Crippen molar-refractivity contribution in [3.05, 3.63) is 70.6 Å². The van der Waals surface area contributed by atoms with Crippen molar-refractivity contribution in [1.82, 2.24) is 19.4 Å². The predicted molar refractivity (Wildman–Crippen MR) is 103 cm³/mol. The minimum absolute atomic E-state index is 0.0584. The van der Waals surface area contributed by atoms with Gasteiger partial charge in [-0.2, -0.15) is 0 Å². The number of hydrogen-bond donors (Lipinski definition) is 2. The fraction of sp³-hybridized carbons (Fsp3) is 0.0526. The lowest BCUT2D eigenvalue weighted by Gasteiger charge is -2.23. The molecule has 3 heterocycles. The molecule has 0 fully saturated rings. The zero-order valence-corrected chi connectivity index (χ0v) is 15.4. The normalized spacial score (nSPS) is 13.0. The highest BCUT2D eigenvalue weighted by atomic mass is 32.1. The van der Waals surface area contributed by atoms with Gasteiger partial charge >= 0.3 is 0 Å². The Morgan fingerprint density at radius 2 is 1.97 bits per heavy atom. The summed E-state index contributed by atoms with van der Waals surface area (Å²) in [6, 6.07) is 7.85. The molecule has 4 aromatic rings. The van der Waals surface area contributed by atoms with Gasteiger partial charge in [0.25, 0.3) is 0 Å². The van der Waals surface area contributed by atoms with Crippen molar-refractivity contribution < 1.29 is 18.0 Å². The summed E-state index contributed by atoms with van der Waals surface area (Å²) in [7, 11) is 0. The summed E-state index contributed by atoms with van der Waals surface area (Å²) in [4.78, 5) is 13.6. The number of halogens is 3. The van der Waals surface area contributed by atoms with Crippen molar-refractivity contribution in [1.29, 1.82) is 0 Å². The van der Waals surface area contributed by atoms with Crippen LogP contribution in [-0.2, 0) is 6.54 Å². The maximum Gasteiger partial charge on any atom is 0.205 e. The van der Waals surface area contributed by atoms with E-state index in [9.17, 15) is 13.2 Å². The minimum Gasteiger partial charge on any atom is -0.380 e. The number of nitrogens with zero attached hydrogens (tertiary/aromatic N) is 3. The number of fused-ring (bicyclic) bond motifs is 2. The maximum atomic E-state index is 13.8. The van der Waals surface area contributed by atoms with Crippen LogP contribution in [0.3, 0.4) is 0 Å². The van der Waals surface area contributed by atoms with Crippen LogP contribution in [0.1, 0.15) is 10.4 Å². The lowest BCUT2D eigenvalue weighted by molar-refractivity contribution is -0.0160. The number of aromatic amines is 1. The molecule has 0 atom stereocenters. The van der Waals surface area contributed by atoms with Crippen LogP contribution in [-0.4, -0.2) is 19.4 Å². The van der Waals surface area contributed by atoms with Crippen molar-refractivity contribution in [3.63, 3.8) is 0 Å². The van der Waals surface area contributed by atoms with Crippen LogP contribution in [0.25, 0.3) is 17.1 Å². The molecule has 2 aromatic carbocycles. The molecular formula is C19H12F3N5OS. The molecule has 5 rings (SSSR count). The maximum absolute atomic E-state index is 13.8. The molecule has 6 nitrogen and oxygen atoms in total. The summed E-state index contributed by atoms with van der Waals surface area (Å²) in [6.45, 7) is 0.597. The number of H-pyrrole nitrogens is 1. The molecule has 0 aliphatic carbocycles. The SMILES string of the molecule is Fc1cc2[nH]c(Nc3ccc(ON4C=Cc5sncc5C4)cc3)nc2c(F)c1F. The summed E-state index contributed by atoms with van der Waals surface area (Å²) in [5.41, 5.74) is 1.52. The smallest absolute Gasteiger partial charge is 0.205 e. The summed E-state index contributed by atoms with van der Waals surface area (Å²) in [5, 5.41) is 4.63. The summed E-state index contributed by atoms with van der Waals surface area (Å²) >= 11 is 1.44. The van der Waals surface area contributed by atoms with Crippen molar-refractivity contribution in [2.24, 2.45) is 0 Å². The van der Waals surface area contributed by atoms with E-state index in [0.29, 0.717) is 18.0 Å². The Balaban J connectivity index is 1.30. The highest BCUT2D eigenvalue weighted by molar-refractivity contribution is 7.06. The molecule has 0 unspecified atom stereocenters. The third kappa shape index (κ3) is 3.27. The molecule has 2 N–H and O–H groups in total. The topological polar surface area (TPSA) is 66.1 Å². The van der Waals surface area contributed by atoms with Crippen LogP contribution in [0.5, 0.6) is 5.75 Å². The van der Waals surface area contributed by atoms with Gasteiger partial charge in [0, 0.05) is 29.7 Å². The number of nitrogens with one attached hydrogen (secondary N) is 2. The van der Waals surface area contributed by atoms with Crippen molar-refractivity contribution >= 4 is 40.3 Å². The Hall–Kier alpha value is -3.53. The first-order valence-electron chi connectivity index (χ1n) is 8.53. The van der Waals surface area contributed by atoms with Gasteiger partial charge < -0.3 is 15.1 Å². The number of rotatable bonds is 4. The Morgan fingerprint density at radius 3 is 2.79 bits per heavy atom. The second-order valence-corrected chi connectivity index (χ2v) is 7.15. The van der Waals surface area contributed by atoms with E-state index >= 15 is 0 Å². The van der Waals surface area contributed by atoms with Crippen LogP contribution in [0, 0.1) is 17.5 Å². The number of hydrogen-bond acceptors (Lipinski definition) is 6. The van der Waals surface area contributed by atoms with Gasteiger partial charge in [-0.1, -0.05) is 0 Å². The molecule has 0 radical (unpaired) electrons. The van der Waals surface area contributed by atoms with Gasteiger partial charge in [0.15, 0.2) is 23.2 Å². The highest BCUT2D eigenvalue weighted by Gasteiger charge is 2.17. The quantitative estimate of drug-likeness (QED) is 0.461. The van der Waals surface area contributed by atoms with Gasteiger partial charge in [0.2, 0.25) is 5.95 Å². The first-order chi connectivity index (χ1) is 14.1. The third-order valence-electron chi connectivity index (χ3n) is 4.35. The molecule has 10 heteroatoms. The lowest BCUT2D eigenvalue weighted by Crippen LogP contribution is -2.22. The molecule has 29 heavy (non-hydrogen) atoms. The molecule has 146 valence electrons. The molecular weight excluding hydrogens is 403 g/mol. The van der Waals surface area contributed by atoms with Crippen molar-refractivity contribution in [2.45, 2.75) is 6.54 Å². The largest absolute Gasteiger partial charge is 0.380 e. The summed E-state index contributed by atoms with van der Waals surface area (Å²) in [5.74, 6) is -3.37. The highest BCUT2D eigenvalue weighted by Crippen LogP contribution is 2.27. The van der Waals surface area contributed by atoms with Crippen molar-refractivity contribution in [3.8, 4) is 5.75 Å². The second kappa shape index (κ2) is 6.82. The fourth-order valence-electron chi connectivity index (χ4n) is 2.95. The van der Waals surface area contributed by atoms with Crippen LogP contribution < -0.4 is 10.2 Å². The summed E-state index contributed by atoms with van der Waals surface area (Å²) in [6.07, 6.45) is 5.60. The Labute approximate surface area is 166 Å². The first-order valence-corrected chi connectivity index (χ1v) is 9.31. The lowest BCUT2D eigenvalue weighted by atomic mass is 10.2. The average molecular weight is 415 g/mol. The zero-order chi connectivity index (χ0) is 20.0. The Morgan fingerprint density at radius 1 is 1.14 bits per heavy atom. The summed E-state index contributed by atoms with van der Waals surface area (Å²) < 4.78 is 44.6. The van der Waals surface area contributed by atoms with Gasteiger partial charge in [-0.05, 0) is 41.9 Å². The molecule has 0 spiro atoms. The van der Waals surface area contributed by atoms with Gasteiger partial charge in [-0.3, -0.25) is 0 Å². The molecule has 0 saturated heterocycles. The molecule has 0 bridgehead atoms. The molecule has 0 saturated carbocycles. The van der Waals surface area contributed by atoms with E-state index in [1.165, 1.54) is 11.5 Å². The fourth-order valence-corrected chi connectivity index (χ4v) is 3.60. The van der Waals surface area contributed by atoms with E-state index in [0.717, 1.165) is 16.5 Å². The molecule has 0 amide bonds. The van der Waals surface area contributed by atoms with Gasteiger partial charge in [0.05, 0.1) is 16.9 Å². The van der Waals surface area contributed by atoms with Crippen LogP contribution in [0.4, 0.5) is 24.8 Å². The second-order valence-electron chi connectivity index (χ2n) is 6.31. The van der Waals surface area contributed by atoms with E-state index in [2.05, 4.69) is 19.7 Å². The Kier molecular flexibility index (Phi) is 4.13. The standard InChI is InChI=1S/C19H12F3N5OS/c20-13-7-14-18(17(22)16(13)21)26-19(25-14)24-11-1-3-12(4-2-11)28-27-6-5-15-10(9-27)8-23-29-15/h1-8H,9H2,(H2,24,25,26). The Bertz CT molecular complexity index is 1230. The van der Waals surface area contributed by atoms with Crippen LogP contribution in [0.2, 0.25) is 0 Å². The van der Waals surface area contributed by atoms with E-state index in [1.54, 1.807) is 29.3 Å². The first kappa shape index (κ1) is 17.6. The molecule has 1 aliphatic heterocycles. The average Bonchev–Trinajstić information content (AvgIpc) is 3.34. The van der Waals surface area contributed by atoms with Gasteiger partial charge in [-0.15, -0.1) is 0 Å². The molecule has 2 aromatic heterocycles. The van der Waals surface area contributed by atoms with E-state index in [1.807, 2.05) is 18.5 Å². The minimum atomic E-state index is -1.55. The number of hydroxylamine groups is 2. The van der Waals surface area contributed by atoms with Crippen LogP contribution >= 0.6 is 11.5 Å². The molecule has 1 aliphatic rings. The monoisotopic (exact) mass is 415 g/mol. The number of imidazole rings is 1. The number of benzene rings is 2. The predicted octanol–water partition coefficient (Wildman–Crippen LogP) is 4.96. The van der Waals surface area contributed by atoms with Gasteiger partial charge in [0.1, 0.15) is 5.52 Å². The van der Waals surface area contributed by atoms with Crippen LogP contribution in [0.15, 0.2) is 42.7 Å². The van der Waals surface area contributed by atoms with E-state index in [4.69, 9.17) is 4.84 Å². The zero-order valence-electron chi connectivity index (χ0n) is 14.6. The van der Waals surface area contributed by atoms with E-state index in [-0.39, 0.29) is 17.0 Å². The number of aromatic nitrogens is 3. The van der Waals surface area contributed by atoms with Crippen molar-refractivity contribution in [2.75, 3.05) is 5.32 Å². The van der Waals surface area contributed by atoms with E-state index < -0.39 is 17.5 Å².